The van der Waals surface area contributed by atoms with E-state index in [1.807, 2.05) is 0 Å². The first-order chi connectivity index (χ1) is 8.78. The SMILES string of the molecule is O=C(O)c1cc(Br)cc(Br)c1NS(=O)(=O)CC1CC1. The van der Waals surface area contributed by atoms with Gasteiger partial charge in [-0.25, -0.2) is 13.2 Å². The Balaban J connectivity index is 2.35. The maximum Gasteiger partial charge on any atom is 0.337 e. The predicted octanol–water partition coefficient (Wildman–Crippen LogP) is 3.06. The molecule has 1 saturated carbocycles. The highest BCUT2D eigenvalue weighted by Gasteiger charge is 2.29. The fourth-order valence-corrected chi connectivity index (χ4v) is 4.66. The minimum Gasteiger partial charge on any atom is -0.478 e. The van der Waals surface area contributed by atoms with Crippen molar-refractivity contribution in [2.75, 3.05) is 10.5 Å². The van der Waals surface area contributed by atoms with Gasteiger partial charge in [0.15, 0.2) is 0 Å². The van der Waals surface area contributed by atoms with Gasteiger partial charge in [0.2, 0.25) is 10.0 Å². The van der Waals surface area contributed by atoms with Gasteiger partial charge in [-0.2, -0.15) is 0 Å². The van der Waals surface area contributed by atoms with Gasteiger partial charge in [0, 0.05) is 8.95 Å². The minimum absolute atomic E-state index is 0.0363. The van der Waals surface area contributed by atoms with Crippen LogP contribution in [-0.4, -0.2) is 25.2 Å². The van der Waals surface area contributed by atoms with Gasteiger partial charge in [0.25, 0.3) is 0 Å². The summed E-state index contributed by atoms with van der Waals surface area (Å²) in [7, 11) is -3.52. The van der Waals surface area contributed by atoms with Crippen LogP contribution in [0.3, 0.4) is 0 Å². The van der Waals surface area contributed by atoms with Gasteiger partial charge in [-0.15, -0.1) is 0 Å². The van der Waals surface area contributed by atoms with Crippen LogP contribution in [0.4, 0.5) is 5.69 Å². The number of benzene rings is 1. The second kappa shape index (κ2) is 5.41. The van der Waals surface area contributed by atoms with Gasteiger partial charge < -0.3 is 5.11 Å². The molecule has 0 spiro atoms. The van der Waals surface area contributed by atoms with E-state index >= 15 is 0 Å². The lowest BCUT2D eigenvalue weighted by molar-refractivity contribution is 0.0698. The number of hydrogen-bond acceptors (Lipinski definition) is 3. The fourth-order valence-electron chi connectivity index (χ4n) is 1.64. The van der Waals surface area contributed by atoms with E-state index in [9.17, 15) is 13.2 Å². The van der Waals surface area contributed by atoms with Crippen LogP contribution in [0.1, 0.15) is 23.2 Å². The monoisotopic (exact) mass is 411 g/mol. The Bertz CT molecular complexity index is 626. The van der Waals surface area contributed by atoms with Crippen LogP contribution < -0.4 is 4.72 Å². The predicted molar refractivity (Wildman–Crippen MR) is 78.9 cm³/mol. The summed E-state index contributed by atoms with van der Waals surface area (Å²) in [4.78, 5) is 11.2. The molecule has 19 heavy (non-hydrogen) atoms. The second-order valence-corrected chi connectivity index (χ2v) is 7.98. The number of carbonyl (C=O) groups is 1. The van der Waals surface area contributed by atoms with Gasteiger partial charge in [-0.1, -0.05) is 15.9 Å². The average molecular weight is 413 g/mol. The van der Waals surface area contributed by atoms with Crippen molar-refractivity contribution in [3.63, 3.8) is 0 Å². The smallest absolute Gasteiger partial charge is 0.337 e. The molecule has 1 aromatic carbocycles. The summed E-state index contributed by atoms with van der Waals surface area (Å²) in [6, 6.07) is 2.96. The molecule has 8 heteroatoms. The highest BCUT2D eigenvalue weighted by molar-refractivity contribution is 9.11. The first-order valence-electron chi connectivity index (χ1n) is 5.51. The van der Waals surface area contributed by atoms with Crippen molar-refractivity contribution in [3.05, 3.63) is 26.6 Å². The van der Waals surface area contributed by atoms with Crippen LogP contribution in [0.15, 0.2) is 21.1 Å². The summed E-state index contributed by atoms with van der Waals surface area (Å²) in [5.41, 5.74) is -0.0306. The normalized spacial score (nSPS) is 15.3. The Morgan fingerprint density at radius 3 is 2.53 bits per heavy atom. The van der Waals surface area contributed by atoms with E-state index in [0.717, 1.165) is 12.8 Å². The standard InChI is InChI=1S/C11H11Br2NO4S/c12-7-3-8(11(15)16)10(9(13)4-7)14-19(17,18)5-6-1-2-6/h3-4,6,14H,1-2,5H2,(H,15,16). The third-order valence-corrected chi connectivity index (χ3v) is 5.20. The molecule has 0 saturated heterocycles. The summed E-state index contributed by atoms with van der Waals surface area (Å²) >= 11 is 6.36. The van der Waals surface area contributed by atoms with Crippen molar-refractivity contribution in [1.82, 2.24) is 0 Å². The van der Waals surface area contributed by atoms with Gasteiger partial charge in [-0.3, -0.25) is 4.72 Å². The van der Waals surface area contributed by atoms with Gasteiger partial charge in [0.1, 0.15) is 0 Å². The molecule has 104 valence electrons. The topological polar surface area (TPSA) is 83.5 Å². The molecule has 0 aliphatic heterocycles. The molecular weight excluding hydrogens is 402 g/mol. The quantitative estimate of drug-likeness (QED) is 0.778. The van der Waals surface area contributed by atoms with Crippen molar-refractivity contribution < 1.29 is 18.3 Å². The fraction of sp³-hybridized carbons (Fsp3) is 0.364. The Hall–Kier alpha value is -0.600. The molecule has 2 N–H and O–H groups in total. The molecule has 0 amide bonds. The summed E-state index contributed by atoms with van der Waals surface area (Å²) < 4.78 is 27.2. The molecule has 1 fully saturated rings. The zero-order chi connectivity index (χ0) is 14.2. The lowest BCUT2D eigenvalue weighted by Crippen LogP contribution is -2.20. The molecule has 2 rings (SSSR count). The highest BCUT2D eigenvalue weighted by atomic mass is 79.9. The van der Waals surface area contributed by atoms with Crippen LogP contribution in [0.5, 0.6) is 0 Å². The number of nitrogens with one attached hydrogen (secondary N) is 1. The van der Waals surface area contributed by atoms with E-state index < -0.39 is 16.0 Å². The third-order valence-electron chi connectivity index (χ3n) is 2.70. The first-order valence-corrected chi connectivity index (χ1v) is 8.75. The second-order valence-electron chi connectivity index (χ2n) is 4.44. The summed E-state index contributed by atoms with van der Waals surface area (Å²) in [5.74, 6) is -0.958. The zero-order valence-corrected chi connectivity index (χ0v) is 13.7. The zero-order valence-electron chi connectivity index (χ0n) is 9.69. The van der Waals surface area contributed by atoms with Crippen molar-refractivity contribution in [1.29, 1.82) is 0 Å². The molecule has 5 nitrogen and oxygen atoms in total. The summed E-state index contributed by atoms with van der Waals surface area (Å²) in [6.07, 6.45) is 1.82. The van der Waals surface area contributed by atoms with Crippen molar-refractivity contribution in [3.8, 4) is 0 Å². The molecule has 0 atom stereocenters. The Labute approximate surface area is 127 Å². The molecule has 1 aliphatic carbocycles. The van der Waals surface area contributed by atoms with E-state index in [1.165, 1.54) is 6.07 Å². The van der Waals surface area contributed by atoms with Crippen molar-refractivity contribution in [2.24, 2.45) is 5.92 Å². The Morgan fingerprint density at radius 1 is 1.37 bits per heavy atom. The molecule has 0 heterocycles. The summed E-state index contributed by atoms with van der Waals surface area (Å²) in [6.45, 7) is 0. The van der Waals surface area contributed by atoms with Gasteiger partial charge in [-0.05, 0) is 46.8 Å². The first kappa shape index (κ1) is 14.8. The lowest BCUT2D eigenvalue weighted by atomic mass is 10.2. The number of carboxylic acid groups (broad SMARTS) is 1. The number of aromatic carboxylic acids is 1. The number of halogens is 2. The molecular formula is C11H11Br2NO4S. The van der Waals surface area contributed by atoms with Crippen LogP contribution in [0, 0.1) is 5.92 Å². The number of anilines is 1. The van der Waals surface area contributed by atoms with Crippen molar-refractivity contribution in [2.45, 2.75) is 12.8 Å². The van der Waals surface area contributed by atoms with Gasteiger partial charge in [0.05, 0.1) is 17.0 Å². The third kappa shape index (κ3) is 3.93. The van der Waals surface area contributed by atoms with Crippen LogP contribution in [0.2, 0.25) is 0 Å². The van der Waals surface area contributed by atoms with E-state index in [1.54, 1.807) is 6.07 Å². The van der Waals surface area contributed by atoms with E-state index in [2.05, 4.69) is 36.6 Å². The number of carboxylic acids is 1. The molecule has 0 aromatic heterocycles. The van der Waals surface area contributed by atoms with Crippen LogP contribution >= 0.6 is 31.9 Å². The number of hydrogen-bond donors (Lipinski definition) is 2. The Kier molecular flexibility index (Phi) is 4.22. The molecule has 1 aromatic rings. The molecule has 0 radical (unpaired) electrons. The maximum atomic E-state index is 11.9. The van der Waals surface area contributed by atoms with Crippen LogP contribution in [0.25, 0.3) is 0 Å². The number of sulfonamides is 1. The number of rotatable bonds is 5. The largest absolute Gasteiger partial charge is 0.478 e. The minimum atomic E-state index is -3.52. The van der Waals surface area contributed by atoms with E-state index in [0.29, 0.717) is 8.95 Å². The molecule has 0 unspecified atom stereocenters. The molecule has 0 bridgehead atoms. The Morgan fingerprint density at radius 2 is 2.00 bits per heavy atom. The summed E-state index contributed by atoms with van der Waals surface area (Å²) in [5, 5.41) is 9.13. The average Bonchev–Trinajstić information content (AvgIpc) is 3.04. The highest BCUT2D eigenvalue weighted by Crippen LogP contribution is 2.34. The van der Waals surface area contributed by atoms with Gasteiger partial charge >= 0.3 is 5.97 Å². The van der Waals surface area contributed by atoms with E-state index in [4.69, 9.17) is 5.11 Å². The van der Waals surface area contributed by atoms with Crippen molar-refractivity contribution >= 4 is 53.5 Å². The lowest BCUT2D eigenvalue weighted by Gasteiger charge is -2.12. The van der Waals surface area contributed by atoms with Crippen LogP contribution in [-0.2, 0) is 10.0 Å². The molecule has 1 aliphatic rings. The van der Waals surface area contributed by atoms with E-state index in [-0.39, 0.29) is 22.9 Å². The maximum absolute atomic E-state index is 11.9.